The third-order valence-corrected chi connectivity index (χ3v) is 3.10. The Morgan fingerprint density at radius 3 is 2.68 bits per heavy atom. The van der Waals surface area contributed by atoms with Crippen molar-refractivity contribution in [3.63, 3.8) is 0 Å². The van der Waals surface area contributed by atoms with Gasteiger partial charge in [-0.05, 0) is 31.5 Å². The molecule has 2 rings (SSSR count). The van der Waals surface area contributed by atoms with Crippen LogP contribution >= 0.6 is 0 Å². The number of para-hydroxylation sites is 1. The third kappa shape index (κ3) is 3.09. The molecule has 1 aromatic carbocycles. The van der Waals surface area contributed by atoms with E-state index in [0.29, 0.717) is 6.42 Å². The Morgan fingerprint density at radius 1 is 1.21 bits per heavy atom. The molecule has 0 spiro atoms. The van der Waals surface area contributed by atoms with Gasteiger partial charge < -0.3 is 9.84 Å². The number of rotatable bonds is 4. The standard InChI is InChI=1S/C15H18N2O2/c1-10-8-13(11(2)17-16-10)14(18)9-12-6-4-5-7-15(12)19-3/h4-8,14,18H,9H2,1-3H3. The predicted molar refractivity (Wildman–Crippen MR) is 73.2 cm³/mol. The van der Waals surface area contributed by atoms with Gasteiger partial charge in [-0.3, -0.25) is 0 Å². The van der Waals surface area contributed by atoms with Crippen molar-refractivity contribution in [2.24, 2.45) is 0 Å². The van der Waals surface area contributed by atoms with Gasteiger partial charge in [-0.1, -0.05) is 18.2 Å². The molecule has 0 aliphatic heterocycles. The van der Waals surface area contributed by atoms with Gasteiger partial charge >= 0.3 is 0 Å². The van der Waals surface area contributed by atoms with E-state index in [1.54, 1.807) is 7.11 Å². The first kappa shape index (κ1) is 13.5. The van der Waals surface area contributed by atoms with E-state index < -0.39 is 6.10 Å². The normalized spacial score (nSPS) is 12.2. The number of benzene rings is 1. The minimum atomic E-state index is -0.606. The Hall–Kier alpha value is -1.94. The molecule has 0 aliphatic rings. The highest BCUT2D eigenvalue weighted by molar-refractivity contribution is 5.35. The molecule has 1 atom stereocenters. The zero-order chi connectivity index (χ0) is 13.8. The molecular weight excluding hydrogens is 240 g/mol. The Bertz CT molecular complexity index is 570. The molecule has 0 radical (unpaired) electrons. The SMILES string of the molecule is COc1ccccc1CC(O)c1cc(C)nnc1C. The number of hydrogen-bond acceptors (Lipinski definition) is 4. The number of hydrogen-bond donors (Lipinski definition) is 1. The van der Waals surface area contributed by atoms with E-state index in [1.807, 2.05) is 44.2 Å². The molecule has 1 heterocycles. The van der Waals surface area contributed by atoms with Gasteiger partial charge in [0, 0.05) is 12.0 Å². The summed E-state index contributed by atoms with van der Waals surface area (Å²) in [5.74, 6) is 0.790. The van der Waals surface area contributed by atoms with Gasteiger partial charge in [0.2, 0.25) is 0 Å². The fourth-order valence-electron chi connectivity index (χ4n) is 2.10. The molecule has 4 nitrogen and oxygen atoms in total. The maximum Gasteiger partial charge on any atom is 0.122 e. The molecule has 2 aromatic rings. The highest BCUT2D eigenvalue weighted by Gasteiger charge is 2.15. The summed E-state index contributed by atoms with van der Waals surface area (Å²) < 4.78 is 5.30. The van der Waals surface area contributed by atoms with E-state index in [4.69, 9.17) is 4.74 Å². The Balaban J connectivity index is 2.25. The predicted octanol–water partition coefficient (Wildman–Crippen LogP) is 2.38. The van der Waals surface area contributed by atoms with Crippen molar-refractivity contribution in [3.8, 4) is 5.75 Å². The number of nitrogens with zero attached hydrogens (tertiary/aromatic N) is 2. The second kappa shape index (κ2) is 5.80. The van der Waals surface area contributed by atoms with Crippen molar-refractivity contribution < 1.29 is 9.84 Å². The molecule has 0 bridgehead atoms. The van der Waals surface area contributed by atoms with Crippen molar-refractivity contribution in [2.45, 2.75) is 26.4 Å². The highest BCUT2D eigenvalue weighted by atomic mass is 16.5. The molecule has 0 fully saturated rings. The second-order valence-electron chi connectivity index (χ2n) is 4.56. The van der Waals surface area contributed by atoms with Crippen LogP contribution in [0.2, 0.25) is 0 Å². The minimum absolute atomic E-state index is 0.496. The number of aryl methyl sites for hydroxylation is 2. The first-order chi connectivity index (χ1) is 9.11. The van der Waals surface area contributed by atoms with Crippen LogP contribution in [0.25, 0.3) is 0 Å². The van der Waals surface area contributed by atoms with Crippen LogP contribution in [-0.2, 0) is 6.42 Å². The Kier molecular flexibility index (Phi) is 4.12. The van der Waals surface area contributed by atoms with E-state index in [0.717, 1.165) is 28.3 Å². The first-order valence-electron chi connectivity index (χ1n) is 6.22. The van der Waals surface area contributed by atoms with Crippen LogP contribution in [0.4, 0.5) is 0 Å². The van der Waals surface area contributed by atoms with E-state index in [2.05, 4.69) is 10.2 Å². The average molecular weight is 258 g/mol. The van der Waals surface area contributed by atoms with Crippen LogP contribution in [0.15, 0.2) is 30.3 Å². The van der Waals surface area contributed by atoms with Crippen LogP contribution in [-0.4, -0.2) is 22.4 Å². The fourth-order valence-corrected chi connectivity index (χ4v) is 2.10. The molecule has 100 valence electrons. The molecular formula is C15H18N2O2. The summed E-state index contributed by atoms with van der Waals surface area (Å²) in [6.07, 6.45) is -0.110. The number of aliphatic hydroxyl groups excluding tert-OH is 1. The summed E-state index contributed by atoms with van der Waals surface area (Å²) >= 11 is 0. The smallest absolute Gasteiger partial charge is 0.122 e. The number of methoxy groups -OCH3 is 1. The quantitative estimate of drug-likeness (QED) is 0.914. The highest BCUT2D eigenvalue weighted by Crippen LogP contribution is 2.25. The van der Waals surface area contributed by atoms with Gasteiger partial charge in [0.25, 0.3) is 0 Å². The third-order valence-electron chi connectivity index (χ3n) is 3.10. The van der Waals surface area contributed by atoms with Crippen molar-refractivity contribution in [3.05, 3.63) is 52.8 Å². The molecule has 19 heavy (non-hydrogen) atoms. The average Bonchev–Trinajstić information content (AvgIpc) is 2.42. The van der Waals surface area contributed by atoms with E-state index in [-0.39, 0.29) is 0 Å². The number of aromatic nitrogens is 2. The van der Waals surface area contributed by atoms with Crippen LogP contribution in [0.3, 0.4) is 0 Å². The zero-order valence-corrected chi connectivity index (χ0v) is 11.4. The second-order valence-corrected chi connectivity index (χ2v) is 4.56. The summed E-state index contributed by atoms with van der Waals surface area (Å²) in [6.45, 7) is 3.72. The number of ether oxygens (including phenoxy) is 1. The monoisotopic (exact) mass is 258 g/mol. The topological polar surface area (TPSA) is 55.2 Å². The lowest BCUT2D eigenvalue weighted by molar-refractivity contribution is 0.175. The lowest BCUT2D eigenvalue weighted by atomic mass is 10.00. The zero-order valence-electron chi connectivity index (χ0n) is 11.4. The lowest BCUT2D eigenvalue weighted by Gasteiger charge is -2.15. The van der Waals surface area contributed by atoms with E-state index in [1.165, 1.54) is 0 Å². The Morgan fingerprint density at radius 2 is 1.95 bits per heavy atom. The van der Waals surface area contributed by atoms with Crippen molar-refractivity contribution in [2.75, 3.05) is 7.11 Å². The summed E-state index contributed by atoms with van der Waals surface area (Å²) in [5.41, 5.74) is 3.36. The van der Waals surface area contributed by atoms with Gasteiger partial charge in [0.15, 0.2) is 0 Å². The maximum absolute atomic E-state index is 10.4. The lowest BCUT2D eigenvalue weighted by Crippen LogP contribution is -2.07. The molecule has 0 amide bonds. The number of aliphatic hydroxyl groups is 1. The molecule has 4 heteroatoms. The van der Waals surface area contributed by atoms with Crippen molar-refractivity contribution in [1.82, 2.24) is 10.2 Å². The molecule has 0 saturated heterocycles. The summed E-state index contributed by atoms with van der Waals surface area (Å²) in [6, 6.07) is 9.58. The van der Waals surface area contributed by atoms with Gasteiger partial charge in [-0.2, -0.15) is 10.2 Å². The largest absolute Gasteiger partial charge is 0.496 e. The Labute approximate surface area is 113 Å². The van der Waals surface area contributed by atoms with Crippen molar-refractivity contribution >= 4 is 0 Å². The maximum atomic E-state index is 10.4. The van der Waals surface area contributed by atoms with Gasteiger partial charge in [-0.25, -0.2) is 0 Å². The molecule has 1 unspecified atom stereocenters. The van der Waals surface area contributed by atoms with Gasteiger partial charge in [-0.15, -0.1) is 0 Å². The van der Waals surface area contributed by atoms with Crippen LogP contribution in [0.1, 0.15) is 28.6 Å². The summed E-state index contributed by atoms with van der Waals surface area (Å²) in [5, 5.41) is 18.4. The van der Waals surface area contributed by atoms with Crippen LogP contribution in [0.5, 0.6) is 5.75 Å². The first-order valence-corrected chi connectivity index (χ1v) is 6.22. The molecule has 1 N–H and O–H groups in total. The van der Waals surface area contributed by atoms with E-state index in [9.17, 15) is 5.11 Å². The van der Waals surface area contributed by atoms with Crippen LogP contribution in [0, 0.1) is 13.8 Å². The summed E-state index contributed by atoms with van der Waals surface area (Å²) in [7, 11) is 1.63. The molecule has 0 aliphatic carbocycles. The van der Waals surface area contributed by atoms with Crippen molar-refractivity contribution in [1.29, 1.82) is 0 Å². The minimum Gasteiger partial charge on any atom is -0.496 e. The van der Waals surface area contributed by atoms with Gasteiger partial charge in [0.1, 0.15) is 5.75 Å². The molecule has 1 aromatic heterocycles. The van der Waals surface area contributed by atoms with E-state index >= 15 is 0 Å². The van der Waals surface area contributed by atoms with Crippen LogP contribution < -0.4 is 4.74 Å². The molecule has 0 saturated carbocycles. The fraction of sp³-hybridized carbons (Fsp3) is 0.333. The van der Waals surface area contributed by atoms with Gasteiger partial charge in [0.05, 0.1) is 24.6 Å². The summed E-state index contributed by atoms with van der Waals surface area (Å²) in [4.78, 5) is 0.